The fourth-order valence-electron chi connectivity index (χ4n) is 2.14. The lowest BCUT2D eigenvalue weighted by molar-refractivity contribution is 0.592. The van der Waals surface area contributed by atoms with Crippen LogP contribution >= 0.6 is 11.3 Å². The van der Waals surface area contributed by atoms with Crippen LogP contribution in [0, 0.1) is 20.8 Å². The average molecular weight is 278 g/mol. The Labute approximate surface area is 118 Å². The Morgan fingerprint density at radius 3 is 2.53 bits per heavy atom. The first-order valence-electron chi connectivity index (χ1n) is 6.70. The summed E-state index contributed by atoms with van der Waals surface area (Å²) >= 11 is 1.78. The van der Waals surface area contributed by atoms with Crippen molar-refractivity contribution in [2.24, 2.45) is 7.05 Å². The van der Waals surface area contributed by atoms with Crippen molar-refractivity contribution in [2.45, 2.75) is 40.2 Å². The molecular formula is C14H22N4S. The molecule has 1 N–H and O–H groups in total. The van der Waals surface area contributed by atoms with Crippen molar-refractivity contribution >= 4 is 11.3 Å². The van der Waals surface area contributed by atoms with Gasteiger partial charge in [-0.15, -0.1) is 11.3 Å². The Morgan fingerprint density at radius 2 is 2.05 bits per heavy atom. The minimum absolute atomic E-state index is 0.158. The molecule has 1 atom stereocenters. The van der Waals surface area contributed by atoms with Gasteiger partial charge in [0.2, 0.25) is 0 Å². The lowest BCUT2D eigenvalue weighted by Crippen LogP contribution is -2.23. The van der Waals surface area contributed by atoms with Crippen LogP contribution in [-0.2, 0) is 7.05 Å². The highest BCUT2D eigenvalue weighted by Crippen LogP contribution is 2.29. The highest BCUT2D eigenvalue weighted by Gasteiger charge is 2.21. The van der Waals surface area contributed by atoms with E-state index in [1.165, 1.54) is 10.4 Å². The van der Waals surface area contributed by atoms with Crippen molar-refractivity contribution < 1.29 is 0 Å². The van der Waals surface area contributed by atoms with Gasteiger partial charge in [-0.25, -0.2) is 4.98 Å². The maximum atomic E-state index is 4.71. The molecule has 0 radical (unpaired) electrons. The summed E-state index contributed by atoms with van der Waals surface area (Å²) in [4.78, 5) is 6.00. The van der Waals surface area contributed by atoms with E-state index in [1.807, 2.05) is 11.7 Å². The van der Waals surface area contributed by atoms with Gasteiger partial charge >= 0.3 is 0 Å². The third-order valence-electron chi connectivity index (χ3n) is 3.25. The normalized spacial score (nSPS) is 12.9. The Balaban J connectivity index is 2.38. The summed E-state index contributed by atoms with van der Waals surface area (Å²) in [6, 6.07) is 0.158. The minimum atomic E-state index is 0.158. The molecule has 19 heavy (non-hydrogen) atoms. The third-order valence-corrected chi connectivity index (χ3v) is 4.39. The van der Waals surface area contributed by atoms with Gasteiger partial charge < -0.3 is 5.32 Å². The molecular weight excluding hydrogens is 256 g/mol. The van der Waals surface area contributed by atoms with Crippen molar-refractivity contribution in [1.82, 2.24) is 20.1 Å². The van der Waals surface area contributed by atoms with Gasteiger partial charge in [0, 0.05) is 23.7 Å². The quantitative estimate of drug-likeness (QED) is 0.914. The number of aromatic nitrogens is 3. The van der Waals surface area contributed by atoms with Crippen LogP contribution in [0.4, 0.5) is 0 Å². The van der Waals surface area contributed by atoms with E-state index in [-0.39, 0.29) is 6.04 Å². The van der Waals surface area contributed by atoms with Crippen LogP contribution in [0.25, 0.3) is 0 Å². The van der Waals surface area contributed by atoms with Crippen LogP contribution in [0.2, 0.25) is 0 Å². The third kappa shape index (κ3) is 3.04. The molecule has 2 rings (SSSR count). The maximum Gasteiger partial charge on any atom is 0.115 e. The lowest BCUT2D eigenvalue weighted by atomic mass is 10.1. The zero-order valence-electron chi connectivity index (χ0n) is 12.3. The first-order chi connectivity index (χ1) is 9.02. The summed E-state index contributed by atoms with van der Waals surface area (Å²) < 4.78 is 1.87. The van der Waals surface area contributed by atoms with Crippen molar-refractivity contribution in [3.05, 3.63) is 33.0 Å². The first kappa shape index (κ1) is 14.2. The summed E-state index contributed by atoms with van der Waals surface area (Å²) in [5.74, 6) is 0. The van der Waals surface area contributed by atoms with Gasteiger partial charge in [0.05, 0.1) is 17.4 Å². The average Bonchev–Trinajstić information content (AvgIpc) is 2.84. The Kier molecular flexibility index (Phi) is 4.37. The van der Waals surface area contributed by atoms with Gasteiger partial charge in [0.1, 0.15) is 5.01 Å². The molecule has 0 amide bonds. The Hall–Kier alpha value is -1.20. The first-order valence-corrected chi connectivity index (χ1v) is 7.52. The molecule has 0 fully saturated rings. The molecule has 0 saturated carbocycles. The topological polar surface area (TPSA) is 42.7 Å². The number of thiazole rings is 1. The van der Waals surface area contributed by atoms with E-state index in [1.54, 1.807) is 11.3 Å². The number of nitrogens with zero attached hydrogens (tertiary/aromatic N) is 3. The standard InChI is InChI=1S/C14H22N4S/c1-6-7-15-13(12-8-18(5)17-10(12)3)14-16-9(2)11(4)19-14/h8,13,15H,6-7H2,1-5H3. The molecule has 104 valence electrons. The molecule has 0 aliphatic rings. The maximum absolute atomic E-state index is 4.71. The van der Waals surface area contributed by atoms with E-state index in [0.717, 1.165) is 29.4 Å². The van der Waals surface area contributed by atoms with Gasteiger partial charge in [-0.3, -0.25) is 4.68 Å². The monoisotopic (exact) mass is 278 g/mol. The van der Waals surface area contributed by atoms with Crippen molar-refractivity contribution in [3.8, 4) is 0 Å². The van der Waals surface area contributed by atoms with Crippen LogP contribution in [0.5, 0.6) is 0 Å². The zero-order valence-corrected chi connectivity index (χ0v) is 13.1. The van der Waals surface area contributed by atoms with Crippen molar-refractivity contribution in [2.75, 3.05) is 6.54 Å². The fourth-order valence-corrected chi connectivity index (χ4v) is 3.16. The van der Waals surface area contributed by atoms with E-state index in [0.29, 0.717) is 0 Å². The number of aryl methyl sites for hydroxylation is 4. The molecule has 0 aliphatic carbocycles. The molecule has 4 nitrogen and oxygen atoms in total. The highest BCUT2D eigenvalue weighted by molar-refractivity contribution is 7.11. The van der Waals surface area contributed by atoms with Gasteiger partial charge in [-0.2, -0.15) is 5.10 Å². The molecule has 2 aromatic heterocycles. The fraction of sp³-hybridized carbons (Fsp3) is 0.571. The number of nitrogens with one attached hydrogen (secondary N) is 1. The molecule has 2 aromatic rings. The SMILES string of the molecule is CCCNC(c1nc(C)c(C)s1)c1cn(C)nc1C. The molecule has 2 heterocycles. The molecule has 0 saturated heterocycles. The molecule has 0 spiro atoms. The Bertz CT molecular complexity index is 536. The molecule has 1 unspecified atom stereocenters. The van der Waals surface area contributed by atoms with E-state index in [9.17, 15) is 0 Å². The van der Waals surface area contributed by atoms with Gasteiger partial charge in [0.15, 0.2) is 0 Å². The predicted octanol–water partition coefficient (Wildman–Crippen LogP) is 2.89. The van der Waals surface area contributed by atoms with E-state index in [4.69, 9.17) is 4.98 Å². The summed E-state index contributed by atoms with van der Waals surface area (Å²) in [6.07, 6.45) is 3.20. The largest absolute Gasteiger partial charge is 0.304 e. The van der Waals surface area contributed by atoms with Crippen LogP contribution < -0.4 is 5.32 Å². The summed E-state index contributed by atoms with van der Waals surface area (Å²) in [5, 5.41) is 9.18. The van der Waals surface area contributed by atoms with Crippen LogP contribution in [0.1, 0.15) is 46.2 Å². The number of hydrogen-bond donors (Lipinski definition) is 1. The van der Waals surface area contributed by atoms with E-state index in [2.05, 4.69) is 44.3 Å². The minimum Gasteiger partial charge on any atom is -0.304 e. The smallest absolute Gasteiger partial charge is 0.115 e. The van der Waals surface area contributed by atoms with Gasteiger partial charge in [0.25, 0.3) is 0 Å². The summed E-state index contributed by atoms with van der Waals surface area (Å²) in [6.45, 7) is 9.42. The van der Waals surface area contributed by atoms with Crippen LogP contribution in [0.15, 0.2) is 6.20 Å². The van der Waals surface area contributed by atoms with Crippen LogP contribution in [-0.4, -0.2) is 21.3 Å². The highest BCUT2D eigenvalue weighted by atomic mass is 32.1. The molecule has 5 heteroatoms. The zero-order chi connectivity index (χ0) is 14.0. The molecule has 0 bridgehead atoms. The number of hydrogen-bond acceptors (Lipinski definition) is 4. The predicted molar refractivity (Wildman–Crippen MR) is 79.7 cm³/mol. The van der Waals surface area contributed by atoms with Gasteiger partial charge in [-0.1, -0.05) is 6.92 Å². The number of rotatable bonds is 5. The van der Waals surface area contributed by atoms with Crippen molar-refractivity contribution in [3.63, 3.8) is 0 Å². The Morgan fingerprint density at radius 1 is 1.32 bits per heavy atom. The molecule has 0 aliphatic heterocycles. The van der Waals surface area contributed by atoms with Gasteiger partial charge in [-0.05, 0) is 33.7 Å². The lowest BCUT2D eigenvalue weighted by Gasteiger charge is -2.15. The second-order valence-electron chi connectivity index (χ2n) is 4.92. The second kappa shape index (κ2) is 5.84. The van der Waals surface area contributed by atoms with E-state index < -0.39 is 0 Å². The summed E-state index contributed by atoms with van der Waals surface area (Å²) in [5.41, 5.74) is 3.43. The summed E-state index contributed by atoms with van der Waals surface area (Å²) in [7, 11) is 1.96. The molecule has 0 aromatic carbocycles. The van der Waals surface area contributed by atoms with Crippen molar-refractivity contribution in [1.29, 1.82) is 0 Å². The second-order valence-corrected chi connectivity index (χ2v) is 6.16. The van der Waals surface area contributed by atoms with Crippen LogP contribution in [0.3, 0.4) is 0 Å². The van der Waals surface area contributed by atoms with E-state index >= 15 is 0 Å².